The Hall–Kier alpha value is -3.61. The van der Waals surface area contributed by atoms with Crippen molar-refractivity contribution in [3.8, 4) is 11.5 Å². The van der Waals surface area contributed by atoms with E-state index < -0.39 is 0 Å². The molecule has 30 heavy (non-hydrogen) atoms. The Morgan fingerprint density at radius 2 is 1.80 bits per heavy atom. The second-order valence-electron chi connectivity index (χ2n) is 7.37. The largest absolute Gasteiger partial charge is 0.453 e. The number of rotatable bonds is 8. The quantitative estimate of drug-likeness (QED) is 0.588. The highest BCUT2D eigenvalue weighted by Crippen LogP contribution is 2.28. The van der Waals surface area contributed by atoms with Gasteiger partial charge in [-0.2, -0.15) is 5.10 Å². The van der Waals surface area contributed by atoms with Gasteiger partial charge in [-0.05, 0) is 48.7 Å². The van der Waals surface area contributed by atoms with E-state index in [1.54, 1.807) is 43.4 Å². The van der Waals surface area contributed by atoms with Crippen LogP contribution in [0.2, 0.25) is 0 Å². The van der Waals surface area contributed by atoms with Gasteiger partial charge in [0.2, 0.25) is 0 Å². The fraction of sp³-hybridized carbons (Fsp3) is 0.261. The first-order valence-corrected chi connectivity index (χ1v) is 9.88. The highest BCUT2D eigenvalue weighted by atomic mass is 16.5. The smallest absolute Gasteiger partial charge is 0.294 e. The van der Waals surface area contributed by atoms with E-state index in [1.807, 2.05) is 18.2 Å². The van der Waals surface area contributed by atoms with Gasteiger partial charge in [0.15, 0.2) is 11.4 Å². The van der Waals surface area contributed by atoms with Crippen LogP contribution >= 0.6 is 0 Å². The predicted octanol–water partition coefficient (Wildman–Crippen LogP) is 4.09. The highest BCUT2D eigenvalue weighted by Gasteiger charge is 2.13. The van der Waals surface area contributed by atoms with Crippen molar-refractivity contribution in [3.63, 3.8) is 0 Å². The molecule has 3 aromatic rings. The Kier molecular flexibility index (Phi) is 6.85. The summed E-state index contributed by atoms with van der Waals surface area (Å²) < 4.78 is 7.07. The zero-order chi connectivity index (χ0) is 21.5. The van der Waals surface area contributed by atoms with Crippen molar-refractivity contribution in [2.24, 2.45) is 13.0 Å². The van der Waals surface area contributed by atoms with Crippen molar-refractivity contribution in [1.29, 1.82) is 0 Å². The van der Waals surface area contributed by atoms with Crippen LogP contribution < -0.4 is 20.9 Å². The molecule has 2 aromatic carbocycles. The number of carbonyl (C=O) groups excluding carboxylic acids is 1. The van der Waals surface area contributed by atoms with Crippen LogP contribution in [0.3, 0.4) is 0 Å². The number of ether oxygens (including phenoxy) is 1. The number of nitrogens with one attached hydrogen (secondary N) is 2. The molecule has 0 atom stereocenters. The lowest BCUT2D eigenvalue weighted by molar-refractivity contribution is 0.0952. The van der Waals surface area contributed by atoms with Gasteiger partial charge in [-0.15, -0.1) is 0 Å². The van der Waals surface area contributed by atoms with Crippen molar-refractivity contribution in [3.05, 3.63) is 76.7 Å². The number of hydrogen-bond acceptors (Lipinski definition) is 5. The summed E-state index contributed by atoms with van der Waals surface area (Å²) in [5.41, 5.74) is 1.17. The third-order valence-electron chi connectivity index (χ3n) is 4.50. The van der Waals surface area contributed by atoms with Gasteiger partial charge in [-0.1, -0.05) is 32.0 Å². The van der Waals surface area contributed by atoms with Gasteiger partial charge in [0.1, 0.15) is 5.75 Å². The minimum atomic E-state index is -0.320. The molecule has 0 saturated heterocycles. The van der Waals surface area contributed by atoms with Crippen molar-refractivity contribution in [2.45, 2.75) is 20.3 Å². The van der Waals surface area contributed by atoms with Crippen LogP contribution in [0.1, 0.15) is 30.6 Å². The Balaban J connectivity index is 1.76. The molecule has 0 spiro atoms. The maximum Gasteiger partial charge on any atom is 0.294 e. The van der Waals surface area contributed by atoms with Crippen molar-refractivity contribution >= 4 is 17.3 Å². The van der Waals surface area contributed by atoms with E-state index in [0.717, 1.165) is 6.42 Å². The van der Waals surface area contributed by atoms with Crippen LogP contribution in [-0.2, 0) is 7.05 Å². The van der Waals surface area contributed by atoms with Crippen molar-refractivity contribution < 1.29 is 9.53 Å². The summed E-state index contributed by atoms with van der Waals surface area (Å²) in [6.45, 7) is 4.88. The van der Waals surface area contributed by atoms with Gasteiger partial charge < -0.3 is 15.4 Å². The van der Waals surface area contributed by atoms with Gasteiger partial charge in [0, 0.05) is 24.8 Å². The minimum Gasteiger partial charge on any atom is -0.453 e. The van der Waals surface area contributed by atoms with Crippen LogP contribution in [0.25, 0.3) is 0 Å². The number of anilines is 2. The standard InChI is InChI=1S/C23H26N4O3/c1-16(2)13-14-24-22(28)17-9-11-18(12-10-17)26-21-20(15-25-27(3)23(21)29)30-19-7-5-4-6-8-19/h4-12,15-16,26H,13-14H2,1-3H3,(H,24,28). The van der Waals surface area contributed by atoms with Gasteiger partial charge >= 0.3 is 0 Å². The minimum absolute atomic E-state index is 0.116. The molecule has 156 valence electrons. The van der Waals surface area contributed by atoms with E-state index in [0.29, 0.717) is 35.2 Å². The lowest BCUT2D eigenvalue weighted by Gasteiger charge is -2.13. The number of hydrogen-bond donors (Lipinski definition) is 2. The van der Waals surface area contributed by atoms with Gasteiger partial charge in [-0.3, -0.25) is 9.59 Å². The summed E-state index contributed by atoms with van der Waals surface area (Å²) in [4.78, 5) is 24.9. The van der Waals surface area contributed by atoms with E-state index in [-0.39, 0.29) is 17.2 Å². The van der Waals surface area contributed by atoms with Gasteiger partial charge in [-0.25, -0.2) is 4.68 Å². The maximum atomic E-state index is 12.6. The van der Waals surface area contributed by atoms with E-state index in [9.17, 15) is 9.59 Å². The van der Waals surface area contributed by atoms with E-state index in [4.69, 9.17) is 4.74 Å². The SMILES string of the molecule is CC(C)CCNC(=O)c1ccc(Nc2c(Oc3ccccc3)cnn(C)c2=O)cc1. The van der Waals surface area contributed by atoms with E-state index >= 15 is 0 Å². The van der Waals surface area contributed by atoms with E-state index in [1.165, 1.54) is 10.9 Å². The van der Waals surface area contributed by atoms with E-state index in [2.05, 4.69) is 29.6 Å². The third kappa shape index (κ3) is 5.47. The van der Waals surface area contributed by atoms with Crippen LogP contribution in [0.4, 0.5) is 11.4 Å². The molecule has 1 aromatic heterocycles. The van der Waals surface area contributed by atoms with Crippen LogP contribution in [0.5, 0.6) is 11.5 Å². The fourth-order valence-corrected chi connectivity index (χ4v) is 2.76. The molecule has 2 N–H and O–H groups in total. The topological polar surface area (TPSA) is 85.2 Å². The molecule has 0 fully saturated rings. The number of amides is 1. The fourth-order valence-electron chi connectivity index (χ4n) is 2.76. The first-order valence-electron chi connectivity index (χ1n) is 9.88. The number of aromatic nitrogens is 2. The molecule has 0 saturated carbocycles. The van der Waals surface area contributed by atoms with Crippen LogP contribution in [0, 0.1) is 5.92 Å². The van der Waals surface area contributed by atoms with Crippen LogP contribution in [0.15, 0.2) is 65.6 Å². The zero-order valence-electron chi connectivity index (χ0n) is 17.4. The molecular weight excluding hydrogens is 380 g/mol. The molecule has 7 heteroatoms. The van der Waals surface area contributed by atoms with Crippen molar-refractivity contribution in [1.82, 2.24) is 15.1 Å². The molecule has 1 heterocycles. The lowest BCUT2D eigenvalue weighted by Crippen LogP contribution is -2.25. The molecule has 0 aliphatic heterocycles. The first kappa shape index (κ1) is 21.1. The lowest BCUT2D eigenvalue weighted by atomic mass is 10.1. The molecule has 0 bridgehead atoms. The molecule has 0 radical (unpaired) electrons. The normalized spacial score (nSPS) is 10.7. The number of aryl methyl sites for hydroxylation is 1. The Morgan fingerprint density at radius 3 is 2.47 bits per heavy atom. The second kappa shape index (κ2) is 9.73. The number of benzene rings is 2. The summed E-state index contributed by atoms with van der Waals surface area (Å²) in [7, 11) is 1.57. The zero-order valence-corrected chi connectivity index (χ0v) is 17.4. The highest BCUT2D eigenvalue weighted by molar-refractivity contribution is 5.94. The average molecular weight is 406 g/mol. The third-order valence-corrected chi connectivity index (χ3v) is 4.50. The monoisotopic (exact) mass is 406 g/mol. The first-order chi connectivity index (χ1) is 14.4. The molecule has 0 aliphatic rings. The second-order valence-corrected chi connectivity index (χ2v) is 7.37. The molecule has 0 unspecified atom stereocenters. The number of nitrogens with zero attached hydrogens (tertiary/aromatic N) is 2. The Labute approximate surface area is 175 Å². The van der Waals surface area contributed by atoms with Gasteiger partial charge in [0.05, 0.1) is 6.20 Å². The molecule has 0 aliphatic carbocycles. The molecular formula is C23H26N4O3. The number of carbonyl (C=O) groups is 1. The molecule has 1 amide bonds. The average Bonchev–Trinajstić information content (AvgIpc) is 2.74. The molecule has 7 nitrogen and oxygen atoms in total. The predicted molar refractivity (Wildman–Crippen MR) is 118 cm³/mol. The van der Waals surface area contributed by atoms with Crippen LogP contribution in [-0.4, -0.2) is 22.2 Å². The summed E-state index contributed by atoms with van der Waals surface area (Å²) >= 11 is 0. The summed E-state index contributed by atoms with van der Waals surface area (Å²) in [6, 6.07) is 16.1. The van der Waals surface area contributed by atoms with Crippen molar-refractivity contribution in [2.75, 3.05) is 11.9 Å². The van der Waals surface area contributed by atoms with Gasteiger partial charge in [0.25, 0.3) is 11.5 Å². The summed E-state index contributed by atoms with van der Waals surface area (Å²) in [5.74, 6) is 1.34. The summed E-state index contributed by atoms with van der Waals surface area (Å²) in [6.07, 6.45) is 2.42. The Morgan fingerprint density at radius 1 is 1.10 bits per heavy atom. The maximum absolute atomic E-state index is 12.6. The Bertz CT molecular complexity index is 1040. The summed E-state index contributed by atoms with van der Waals surface area (Å²) in [5, 5.41) is 10.0. The number of para-hydroxylation sites is 1. The molecule has 3 rings (SSSR count).